The van der Waals surface area contributed by atoms with Crippen LogP contribution in [0.3, 0.4) is 0 Å². The van der Waals surface area contributed by atoms with Gasteiger partial charge in [-0.3, -0.25) is 0 Å². The zero-order chi connectivity index (χ0) is 11.4. The van der Waals surface area contributed by atoms with E-state index in [9.17, 15) is 0 Å². The average molecular weight is 198 g/mol. The second kappa shape index (κ2) is 11.7. The van der Waals surface area contributed by atoms with Crippen molar-refractivity contribution in [2.24, 2.45) is 5.73 Å². The van der Waals surface area contributed by atoms with Crippen molar-refractivity contribution in [3.8, 4) is 0 Å². The molecule has 1 rings (SSSR count). The minimum absolute atomic E-state index is 0.796. The van der Waals surface area contributed by atoms with Gasteiger partial charge in [-0.25, -0.2) is 9.67 Å². The standard InChI is InChI=1S/C6H10N4.2C2H6/c1-2-10-6(3-4-7)8-5-9-10;2*1-2/h3-5H,2,7H2,1H3;2*1-2H3/b4-3-;;. The Kier molecular flexibility index (Phi) is 12.7. The molecule has 1 heterocycles. The highest BCUT2D eigenvalue weighted by molar-refractivity contribution is 5.38. The van der Waals surface area contributed by atoms with Gasteiger partial charge in [-0.2, -0.15) is 5.10 Å². The molecule has 0 fully saturated rings. The summed E-state index contributed by atoms with van der Waals surface area (Å²) in [6.45, 7) is 10.8. The lowest BCUT2D eigenvalue weighted by atomic mass is 10.5. The molecule has 0 bridgehead atoms. The summed E-state index contributed by atoms with van der Waals surface area (Å²) in [6, 6.07) is 0. The summed E-state index contributed by atoms with van der Waals surface area (Å²) in [5, 5.41) is 3.95. The van der Waals surface area contributed by atoms with Crippen LogP contribution in [0, 0.1) is 0 Å². The number of nitrogens with two attached hydrogens (primary N) is 1. The van der Waals surface area contributed by atoms with Gasteiger partial charge in [-0.15, -0.1) is 0 Å². The Hall–Kier alpha value is -1.32. The van der Waals surface area contributed by atoms with E-state index >= 15 is 0 Å². The number of aromatic nitrogens is 3. The Labute approximate surface area is 86.8 Å². The third kappa shape index (κ3) is 5.35. The van der Waals surface area contributed by atoms with Crippen LogP contribution >= 0.6 is 0 Å². The van der Waals surface area contributed by atoms with E-state index in [4.69, 9.17) is 5.73 Å². The van der Waals surface area contributed by atoms with Crippen molar-refractivity contribution in [3.05, 3.63) is 18.4 Å². The molecule has 1 aromatic rings. The molecule has 4 nitrogen and oxygen atoms in total. The Morgan fingerprint density at radius 2 is 1.93 bits per heavy atom. The van der Waals surface area contributed by atoms with Gasteiger partial charge >= 0.3 is 0 Å². The predicted octanol–water partition coefficient (Wildman–Crippen LogP) is 2.28. The number of rotatable bonds is 2. The van der Waals surface area contributed by atoms with Gasteiger partial charge in [0.1, 0.15) is 6.33 Å². The van der Waals surface area contributed by atoms with E-state index in [-0.39, 0.29) is 0 Å². The normalized spacial score (nSPS) is 8.64. The zero-order valence-corrected chi connectivity index (χ0v) is 9.86. The van der Waals surface area contributed by atoms with Crippen molar-refractivity contribution in [3.63, 3.8) is 0 Å². The summed E-state index contributed by atoms with van der Waals surface area (Å²) < 4.78 is 1.77. The van der Waals surface area contributed by atoms with Crippen molar-refractivity contribution in [1.29, 1.82) is 0 Å². The quantitative estimate of drug-likeness (QED) is 0.793. The first-order valence-corrected chi connectivity index (χ1v) is 5.14. The van der Waals surface area contributed by atoms with E-state index in [2.05, 4.69) is 10.1 Å². The molecule has 14 heavy (non-hydrogen) atoms. The second-order valence-electron chi connectivity index (χ2n) is 1.79. The smallest absolute Gasteiger partial charge is 0.152 e. The van der Waals surface area contributed by atoms with Crippen LogP contribution in [0.2, 0.25) is 0 Å². The van der Waals surface area contributed by atoms with Crippen LogP contribution in [0.4, 0.5) is 0 Å². The van der Waals surface area contributed by atoms with E-state index in [0.717, 1.165) is 12.4 Å². The third-order valence-electron chi connectivity index (χ3n) is 1.19. The van der Waals surface area contributed by atoms with Crippen molar-refractivity contribution in [1.82, 2.24) is 14.8 Å². The fourth-order valence-corrected chi connectivity index (χ4v) is 0.732. The number of hydrogen-bond donors (Lipinski definition) is 1. The monoisotopic (exact) mass is 198 g/mol. The fraction of sp³-hybridized carbons (Fsp3) is 0.600. The Morgan fingerprint density at radius 1 is 1.36 bits per heavy atom. The van der Waals surface area contributed by atoms with Gasteiger partial charge in [0.05, 0.1) is 0 Å². The van der Waals surface area contributed by atoms with Crippen LogP contribution in [0.5, 0.6) is 0 Å². The van der Waals surface area contributed by atoms with Crippen LogP contribution < -0.4 is 5.73 Å². The van der Waals surface area contributed by atoms with Gasteiger partial charge in [-0.1, -0.05) is 27.7 Å². The van der Waals surface area contributed by atoms with Gasteiger partial charge in [0, 0.05) is 6.54 Å². The van der Waals surface area contributed by atoms with Gasteiger partial charge in [0.25, 0.3) is 0 Å². The highest BCUT2D eigenvalue weighted by atomic mass is 15.3. The van der Waals surface area contributed by atoms with E-state index in [1.54, 1.807) is 10.8 Å². The van der Waals surface area contributed by atoms with Gasteiger partial charge < -0.3 is 5.73 Å². The molecule has 2 N–H and O–H groups in total. The van der Waals surface area contributed by atoms with Gasteiger partial charge in [0.15, 0.2) is 5.82 Å². The van der Waals surface area contributed by atoms with Crippen LogP contribution in [0.25, 0.3) is 6.08 Å². The van der Waals surface area contributed by atoms with Crippen LogP contribution in [0.15, 0.2) is 12.5 Å². The van der Waals surface area contributed by atoms with Crippen LogP contribution in [-0.4, -0.2) is 14.8 Å². The molecule has 0 aliphatic heterocycles. The minimum atomic E-state index is 0.796. The first kappa shape index (κ1) is 15.2. The first-order valence-electron chi connectivity index (χ1n) is 5.14. The molecule has 0 unspecified atom stereocenters. The topological polar surface area (TPSA) is 56.7 Å². The molecular weight excluding hydrogens is 176 g/mol. The molecule has 0 aliphatic carbocycles. The fourth-order valence-electron chi connectivity index (χ4n) is 0.732. The molecule has 0 aromatic carbocycles. The Bertz CT molecular complexity index is 228. The highest BCUT2D eigenvalue weighted by Gasteiger charge is 1.94. The minimum Gasteiger partial charge on any atom is -0.404 e. The maximum Gasteiger partial charge on any atom is 0.152 e. The Morgan fingerprint density at radius 3 is 2.36 bits per heavy atom. The molecule has 0 saturated carbocycles. The maximum atomic E-state index is 5.18. The molecule has 0 aliphatic rings. The molecule has 0 radical (unpaired) electrons. The Balaban J connectivity index is 0. The summed E-state index contributed by atoms with van der Waals surface area (Å²) >= 11 is 0. The molecular formula is C10H22N4. The number of nitrogens with zero attached hydrogens (tertiary/aromatic N) is 3. The molecule has 0 amide bonds. The first-order chi connectivity index (χ1) is 6.88. The van der Waals surface area contributed by atoms with Crippen LogP contribution in [0.1, 0.15) is 40.4 Å². The zero-order valence-electron chi connectivity index (χ0n) is 9.86. The highest BCUT2D eigenvalue weighted by Crippen LogP contribution is 1.94. The number of hydrogen-bond acceptors (Lipinski definition) is 3. The lowest BCUT2D eigenvalue weighted by molar-refractivity contribution is 0.651. The third-order valence-corrected chi connectivity index (χ3v) is 1.19. The maximum absolute atomic E-state index is 5.18. The van der Waals surface area contributed by atoms with Crippen molar-refractivity contribution >= 4 is 6.08 Å². The molecule has 1 aromatic heterocycles. The second-order valence-corrected chi connectivity index (χ2v) is 1.79. The predicted molar refractivity (Wildman–Crippen MR) is 61.6 cm³/mol. The average Bonchev–Trinajstić information content (AvgIpc) is 2.72. The lowest BCUT2D eigenvalue weighted by Crippen LogP contribution is -1.99. The summed E-state index contributed by atoms with van der Waals surface area (Å²) in [5.41, 5.74) is 5.18. The van der Waals surface area contributed by atoms with Crippen molar-refractivity contribution < 1.29 is 0 Å². The molecule has 0 saturated heterocycles. The molecule has 4 heteroatoms. The summed E-state index contributed by atoms with van der Waals surface area (Å²) in [6.07, 6.45) is 4.69. The molecule has 82 valence electrons. The lowest BCUT2D eigenvalue weighted by Gasteiger charge is -1.94. The summed E-state index contributed by atoms with van der Waals surface area (Å²) in [4.78, 5) is 3.96. The molecule has 0 spiro atoms. The van der Waals surface area contributed by atoms with Crippen LogP contribution in [-0.2, 0) is 6.54 Å². The SMILES string of the molecule is CC.CC.CCn1ncnc1/C=C\N. The summed E-state index contributed by atoms with van der Waals surface area (Å²) in [7, 11) is 0. The summed E-state index contributed by atoms with van der Waals surface area (Å²) in [5.74, 6) is 0.796. The van der Waals surface area contributed by atoms with Crippen molar-refractivity contribution in [2.45, 2.75) is 41.2 Å². The van der Waals surface area contributed by atoms with Crippen molar-refractivity contribution in [2.75, 3.05) is 0 Å². The van der Waals surface area contributed by atoms with E-state index in [1.165, 1.54) is 12.5 Å². The van der Waals surface area contributed by atoms with E-state index < -0.39 is 0 Å². The van der Waals surface area contributed by atoms with Gasteiger partial charge in [0.2, 0.25) is 0 Å². The largest absolute Gasteiger partial charge is 0.404 e. The number of aryl methyl sites for hydroxylation is 1. The van der Waals surface area contributed by atoms with E-state index in [0.29, 0.717) is 0 Å². The van der Waals surface area contributed by atoms with E-state index in [1.807, 2.05) is 34.6 Å². The molecule has 0 atom stereocenters. The van der Waals surface area contributed by atoms with Gasteiger partial charge in [-0.05, 0) is 19.2 Å².